The maximum atomic E-state index is 6.38. The van der Waals surface area contributed by atoms with Crippen LogP contribution in [0.2, 0.25) is 5.02 Å². The van der Waals surface area contributed by atoms with Gasteiger partial charge in [0.25, 0.3) is 0 Å². The van der Waals surface area contributed by atoms with Crippen LogP contribution < -0.4 is 5.32 Å². The number of hydrogen-bond acceptors (Lipinski definition) is 1. The smallest absolute Gasteiger partial charge is 0.0449 e. The molecule has 0 aromatic heterocycles. The summed E-state index contributed by atoms with van der Waals surface area (Å²) in [6, 6.07) is 6.73. The lowest BCUT2D eigenvalue weighted by Gasteiger charge is -2.43. The summed E-state index contributed by atoms with van der Waals surface area (Å²) < 4.78 is 1.05. The Morgan fingerprint density at radius 2 is 2.15 bits per heavy atom. The van der Waals surface area contributed by atoms with Crippen molar-refractivity contribution in [2.24, 2.45) is 11.3 Å². The van der Waals surface area contributed by atoms with Crippen molar-refractivity contribution in [3.8, 4) is 0 Å². The van der Waals surface area contributed by atoms with Gasteiger partial charge in [0.2, 0.25) is 0 Å². The third kappa shape index (κ3) is 3.78. The maximum absolute atomic E-state index is 6.38. The van der Waals surface area contributed by atoms with E-state index in [0.29, 0.717) is 11.5 Å². The number of halogens is 2. The van der Waals surface area contributed by atoms with Gasteiger partial charge in [0.1, 0.15) is 0 Å². The molecule has 1 aliphatic carbocycles. The first-order chi connectivity index (χ1) is 9.44. The molecule has 0 amide bonds. The molecule has 0 spiro atoms. The maximum Gasteiger partial charge on any atom is 0.0449 e. The van der Waals surface area contributed by atoms with Gasteiger partial charge in [0.15, 0.2) is 0 Å². The quantitative estimate of drug-likeness (QED) is 0.754. The monoisotopic (exact) mass is 357 g/mol. The summed E-state index contributed by atoms with van der Waals surface area (Å²) in [7, 11) is 2.09. The Bertz CT molecular complexity index is 458. The van der Waals surface area contributed by atoms with Gasteiger partial charge >= 0.3 is 0 Å². The van der Waals surface area contributed by atoms with E-state index in [9.17, 15) is 0 Å². The largest absolute Gasteiger partial charge is 0.316 e. The highest BCUT2D eigenvalue weighted by Crippen LogP contribution is 2.43. The van der Waals surface area contributed by atoms with Crippen molar-refractivity contribution in [3.05, 3.63) is 33.3 Å². The minimum atomic E-state index is 0.424. The topological polar surface area (TPSA) is 12.0 Å². The molecule has 0 radical (unpaired) electrons. The van der Waals surface area contributed by atoms with Gasteiger partial charge in [-0.25, -0.2) is 0 Å². The van der Waals surface area contributed by atoms with Gasteiger partial charge in [0.05, 0.1) is 0 Å². The predicted molar refractivity (Wildman–Crippen MR) is 91.4 cm³/mol. The molecule has 1 saturated carbocycles. The zero-order valence-electron chi connectivity index (χ0n) is 12.7. The van der Waals surface area contributed by atoms with Crippen molar-refractivity contribution >= 4 is 27.5 Å². The second-order valence-electron chi connectivity index (χ2n) is 6.68. The molecular formula is C17H25BrClN. The van der Waals surface area contributed by atoms with E-state index in [1.165, 1.54) is 31.2 Å². The molecular weight excluding hydrogens is 334 g/mol. The van der Waals surface area contributed by atoms with Crippen LogP contribution in [-0.2, 0) is 6.42 Å². The summed E-state index contributed by atoms with van der Waals surface area (Å²) in [6.45, 7) is 4.84. The molecule has 0 aliphatic heterocycles. The van der Waals surface area contributed by atoms with Crippen LogP contribution in [0.1, 0.15) is 45.1 Å². The lowest BCUT2D eigenvalue weighted by atomic mass is 9.65. The van der Waals surface area contributed by atoms with E-state index in [0.717, 1.165) is 21.8 Å². The van der Waals surface area contributed by atoms with Gasteiger partial charge in [-0.3, -0.25) is 0 Å². The Kier molecular flexibility index (Phi) is 5.56. The van der Waals surface area contributed by atoms with E-state index in [1.807, 2.05) is 6.07 Å². The highest BCUT2D eigenvalue weighted by Gasteiger charge is 2.36. The Labute approximate surface area is 136 Å². The molecule has 112 valence electrons. The van der Waals surface area contributed by atoms with Crippen molar-refractivity contribution in [1.82, 2.24) is 5.32 Å². The van der Waals surface area contributed by atoms with Gasteiger partial charge in [0, 0.05) is 15.5 Å². The summed E-state index contributed by atoms with van der Waals surface area (Å²) in [6.07, 6.45) is 6.41. The van der Waals surface area contributed by atoms with Crippen molar-refractivity contribution in [2.75, 3.05) is 7.05 Å². The first-order valence-corrected chi connectivity index (χ1v) is 8.72. The van der Waals surface area contributed by atoms with E-state index < -0.39 is 0 Å². The average Bonchev–Trinajstić information content (AvgIpc) is 2.38. The zero-order chi connectivity index (χ0) is 14.8. The number of hydrogen-bond donors (Lipinski definition) is 1. The molecule has 1 aromatic carbocycles. The Balaban J connectivity index is 2.15. The Morgan fingerprint density at radius 3 is 2.75 bits per heavy atom. The molecule has 2 unspecified atom stereocenters. The van der Waals surface area contributed by atoms with Crippen LogP contribution in [0.4, 0.5) is 0 Å². The molecule has 2 rings (SSSR count). The van der Waals surface area contributed by atoms with Crippen molar-refractivity contribution in [2.45, 2.75) is 52.0 Å². The Morgan fingerprint density at radius 1 is 1.40 bits per heavy atom. The molecule has 1 nitrogen and oxygen atoms in total. The highest BCUT2D eigenvalue weighted by molar-refractivity contribution is 9.10. The summed E-state index contributed by atoms with van der Waals surface area (Å²) in [5.74, 6) is 0.723. The van der Waals surface area contributed by atoms with Crippen LogP contribution in [0.3, 0.4) is 0 Å². The fraction of sp³-hybridized carbons (Fsp3) is 0.647. The van der Waals surface area contributed by atoms with Crippen LogP contribution >= 0.6 is 27.5 Å². The minimum absolute atomic E-state index is 0.424. The fourth-order valence-electron chi connectivity index (χ4n) is 3.64. The van der Waals surface area contributed by atoms with Gasteiger partial charge in [-0.15, -0.1) is 0 Å². The van der Waals surface area contributed by atoms with E-state index in [-0.39, 0.29) is 0 Å². The summed E-state index contributed by atoms with van der Waals surface area (Å²) >= 11 is 9.86. The lowest BCUT2D eigenvalue weighted by Crippen LogP contribution is -2.44. The molecule has 0 saturated heterocycles. The molecule has 1 N–H and O–H groups in total. The van der Waals surface area contributed by atoms with Gasteiger partial charge in [-0.05, 0) is 55.3 Å². The van der Waals surface area contributed by atoms with E-state index in [1.54, 1.807) is 0 Å². The molecule has 0 bridgehead atoms. The van der Waals surface area contributed by atoms with Crippen molar-refractivity contribution in [1.29, 1.82) is 0 Å². The van der Waals surface area contributed by atoms with E-state index in [4.69, 9.17) is 11.6 Å². The highest BCUT2D eigenvalue weighted by atomic mass is 79.9. The second kappa shape index (κ2) is 6.81. The fourth-order valence-corrected chi connectivity index (χ4v) is 4.39. The molecule has 1 fully saturated rings. The second-order valence-corrected chi connectivity index (χ2v) is 8.00. The SMILES string of the molecule is CNC(Cc1ccc(Br)cc1Cl)C1CCCCC1(C)C. The number of benzene rings is 1. The number of likely N-dealkylation sites (N-methyl/N-ethyl adjacent to an activating group) is 1. The van der Waals surface area contributed by atoms with Crippen LogP contribution in [0.25, 0.3) is 0 Å². The average molecular weight is 359 g/mol. The first kappa shape index (κ1) is 16.3. The van der Waals surface area contributed by atoms with Crippen molar-refractivity contribution in [3.63, 3.8) is 0 Å². The molecule has 1 aliphatic rings. The van der Waals surface area contributed by atoms with E-state index in [2.05, 4.69) is 54.3 Å². The van der Waals surface area contributed by atoms with Crippen LogP contribution in [0, 0.1) is 11.3 Å². The van der Waals surface area contributed by atoms with Crippen LogP contribution in [0.15, 0.2) is 22.7 Å². The van der Waals surface area contributed by atoms with Crippen molar-refractivity contribution < 1.29 is 0 Å². The van der Waals surface area contributed by atoms with Gasteiger partial charge < -0.3 is 5.32 Å². The number of nitrogens with one attached hydrogen (secondary N) is 1. The predicted octanol–water partition coefficient (Wildman–Crippen LogP) is 5.45. The molecule has 20 heavy (non-hydrogen) atoms. The van der Waals surface area contributed by atoms with E-state index >= 15 is 0 Å². The third-order valence-corrected chi connectivity index (χ3v) is 5.75. The Hall–Kier alpha value is -0.0500. The summed E-state index contributed by atoms with van der Waals surface area (Å²) in [4.78, 5) is 0. The number of rotatable bonds is 4. The normalized spacial score (nSPS) is 23.6. The lowest BCUT2D eigenvalue weighted by molar-refractivity contribution is 0.101. The summed E-state index contributed by atoms with van der Waals surface area (Å²) in [5, 5.41) is 4.42. The molecule has 2 atom stereocenters. The minimum Gasteiger partial charge on any atom is -0.316 e. The standard InChI is InChI=1S/C17H25BrClN/c1-17(2)9-5-4-6-14(17)16(20-3)10-12-7-8-13(18)11-15(12)19/h7-8,11,14,16,20H,4-6,9-10H2,1-3H3. The molecule has 3 heteroatoms. The third-order valence-electron chi connectivity index (χ3n) is 4.90. The summed E-state index contributed by atoms with van der Waals surface area (Å²) in [5.41, 5.74) is 1.67. The zero-order valence-corrected chi connectivity index (χ0v) is 15.0. The van der Waals surface area contributed by atoms with Crippen LogP contribution in [-0.4, -0.2) is 13.1 Å². The molecule has 1 aromatic rings. The van der Waals surface area contributed by atoms with Crippen LogP contribution in [0.5, 0.6) is 0 Å². The van der Waals surface area contributed by atoms with Gasteiger partial charge in [-0.2, -0.15) is 0 Å². The first-order valence-electron chi connectivity index (χ1n) is 7.55. The van der Waals surface area contributed by atoms with Gasteiger partial charge in [-0.1, -0.05) is 60.3 Å². The molecule has 0 heterocycles.